The first-order valence-electron chi connectivity index (χ1n) is 5.30. The third-order valence-electron chi connectivity index (χ3n) is 2.58. The fourth-order valence-electron chi connectivity index (χ4n) is 1.66. The summed E-state index contributed by atoms with van der Waals surface area (Å²) in [6, 6.07) is 7.19. The number of imidazole rings is 1. The third kappa shape index (κ3) is 2.78. The lowest BCUT2D eigenvalue weighted by atomic mass is 10.2. The Morgan fingerprint density at radius 1 is 1.41 bits per heavy atom. The zero-order chi connectivity index (χ0) is 12.3. The van der Waals surface area contributed by atoms with Crippen molar-refractivity contribution in [3.05, 3.63) is 47.5 Å². The van der Waals surface area contributed by atoms with Crippen LogP contribution in [0.4, 0.5) is 5.69 Å². The van der Waals surface area contributed by atoms with Gasteiger partial charge in [-0.3, -0.25) is 0 Å². The van der Waals surface area contributed by atoms with Crippen LogP contribution in [0, 0.1) is 0 Å². The van der Waals surface area contributed by atoms with Crippen molar-refractivity contribution >= 4 is 17.3 Å². The van der Waals surface area contributed by atoms with Crippen LogP contribution >= 0.6 is 11.6 Å². The van der Waals surface area contributed by atoms with E-state index < -0.39 is 0 Å². The number of benzene rings is 1. The molecule has 1 atom stereocenters. The lowest BCUT2D eigenvalue weighted by Crippen LogP contribution is -2.17. The van der Waals surface area contributed by atoms with E-state index in [4.69, 9.17) is 11.6 Å². The summed E-state index contributed by atoms with van der Waals surface area (Å²) in [5.41, 5.74) is 1.84. The van der Waals surface area contributed by atoms with Crippen LogP contribution < -0.4 is 5.32 Å². The number of nitrogens with zero attached hydrogens (tertiary/aromatic N) is 2. The van der Waals surface area contributed by atoms with Crippen molar-refractivity contribution in [1.82, 2.24) is 9.55 Å². The molecule has 2 N–H and O–H groups in total. The van der Waals surface area contributed by atoms with Crippen LogP contribution in [-0.4, -0.2) is 21.3 Å². The fourth-order valence-corrected chi connectivity index (χ4v) is 1.79. The predicted molar refractivity (Wildman–Crippen MR) is 68.1 cm³/mol. The van der Waals surface area contributed by atoms with E-state index >= 15 is 0 Å². The van der Waals surface area contributed by atoms with Gasteiger partial charge in [0.05, 0.1) is 30.9 Å². The van der Waals surface area contributed by atoms with Gasteiger partial charge in [-0.15, -0.1) is 0 Å². The van der Waals surface area contributed by atoms with Gasteiger partial charge >= 0.3 is 0 Å². The van der Waals surface area contributed by atoms with Crippen LogP contribution in [0.1, 0.15) is 11.7 Å². The van der Waals surface area contributed by atoms with Gasteiger partial charge in [0.1, 0.15) is 0 Å². The smallest absolute Gasteiger partial charge is 0.0946 e. The molecule has 0 radical (unpaired) electrons. The number of aliphatic hydroxyl groups is 1. The highest BCUT2D eigenvalue weighted by Crippen LogP contribution is 2.20. The number of aliphatic hydroxyl groups excluding tert-OH is 1. The molecule has 0 fully saturated rings. The van der Waals surface area contributed by atoms with Crippen molar-refractivity contribution in [2.45, 2.75) is 6.04 Å². The maximum atomic E-state index is 9.41. The van der Waals surface area contributed by atoms with Gasteiger partial charge in [-0.1, -0.05) is 11.6 Å². The molecule has 1 unspecified atom stereocenters. The summed E-state index contributed by atoms with van der Waals surface area (Å²) in [4.78, 5) is 4.04. The predicted octanol–water partition coefficient (Wildman–Crippen LogP) is 2.22. The van der Waals surface area contributed by atoms with Gasteiger partial charge in [0.2, 0.25) is 0 Å². The van der Waals surface area contributed by atoms with Crippen LogP contribution in [0.3, 0.4) is 0 Å². The number of nitrogens with one attached hydrogen (secondary N) is 1. The van der Waals surface area contributed by atoms with E-state index in [9.17, 15) is 5.11 Å². The number of hydrogen-bond acceptors (Lipinski definition) is 3. The Morgan fingerprint density at radius 3 is 2.65 bits per heavy atom. The van der Waals surface area contributed by atoms with Crippen LogP contribution in [0.25, 0.3) is 0 Å². The third-order valence-corrected chi connectivity index (χ3v) is 2.83. The molecule has 0 aliphatic carbocycles. The molecule has 0 spiro atoms. The normalized spacial score (nSPS) is 12.4. The van der Waals surface area contributed by atoms with Crippen molar-refractivity contribution < 1.29 is 5.11 Å². The van der Waals surface area contributed by atoms with Crippen molar-refractivity contribution in [1.29, 1.82) is 0 Å². The molecule has 4 nitrogen and oxygen atoms in total. The SMILES string of the molecule is Cn1cncc1C(CO)Nc1ccc(Cl)cc1. The van der Waals surface area contributed by atoms with Crippen LogP contribution in [0.5, 0.6) is 0 Å². The molecule has 0 amide bonds. The monoisotopic (exact) mass is 251 g/mol. The Bertz CT molecular complexity index is 481. The Labute approximate surface area is 105 Å². The molecule has 17 heavy (non-hydrogen) atoms. The molecule has 90 valence electrons. The molecular weight excluding hydrogens is 238 g/mol. The Kier molecular flexibility index (Phi) is 3.66. The van der Waals surface area contributed by atoms with Crippen molar-refractivity contribution in [2.24, 2.45) is 7.05 Å². The summed E-state index contributed by atoms with van der Waals surface area (Å²) < 4.78 is 1.88. The molecule has 0 saturated carbocycles. The molecule has 2 rings (SSSR count). The van der Waals surface area contributed by atoms with Crippen LogP contribution in [0.15, 0.2) is 36.8 Å². The molecule has 5 heteroatoms. The quantitative estimate of drug-likeness (QED) is 0.876. The molecule has 0 aliphatic rings. The summed E-state index contributed by atoms with van der Waals surface area (Å²) >= 11 is 5.82. The number of anilines is 1. The Hall–Kier alpha value is -1.52. The molecule has 1 aromatic carbocycles. The zero-order valence-corrected chi connectivity index (χ0v) is 10.2. The van der Waals surface area contributed by atoms with E-state index in [1.807, 2.05) is 35.9 Å². The lowest BCUT2D eigenvalue weighted by molar-refractivity contribution is 0.272. The van der Waals surface area contributed by atoms with E-state index in [2.05, 4.69) is 10.3 Å². The standard InChI is InChI=1S/C12H14ClN3O/c1-16-8-14-6-12(16)11(7-17)15-10-4-2-9(13)3-5-10/h2-6,8,11,15,17H,7H2,1H3. The van der Waals surface area contributed by atoms with Gasteiger partial charge in [-0.2, -0.15) is 0 Å². The molecule has 0 aliphatic heterocycles. The number of rotatable bonds is 4. The van der Waals surface area contributed by atoms with Crippen LogP contribution in [0.2, 0.25) is 5.02 Å². The second-order valence-electron chi connectivity index (χ2n) is 3.82. The fraction of sp³-hybridized carbons (Fsp3) is 0.250. The maximum Gasteiger partial charge on any atom is 0.0946 e. The van der Waals surface area contributed by atoms with Crippen molar-refractivity contribution in [2.75, 3.05) is 11.9 Å². The summed E-state index contributed by atoms with van der Waals surface area (Å²) in [5, 5.41) is 13.3. The minimum absolute atomic E-state index is 0.00214. The maximum absolute atomic E-state index is 9.41. The minimum Gasteiger partial charge on any atom is -0.394 e. The highest BCUT2D eigenvalue weighted by molar-refractivity contribution is 6.30. The van der Waals surface area contributed by atoms with Gasteiger partial charge < -0.3 is 15.0 Å². The largest absolute Gasteiger partial charge is 0.394 e. The van der Waals surface area contributed by atoms with Gasteiger partial charge in [0.25, 0.3) is 0 Å². The highest BCUT2D eigenvalue weighted by Gasteiger charge is 2.13. The average Bonchev–Trinajstić information content (AvgIpc) is 2.75. The van der Waals surface area contributed by atoms with E-state index in [1.165, 1.54) is 0 Å². The summed E-state index contributed by atoms with van der Waals surface area (Å²) in [5.74, 6) is 0. The zero-order valence-electron chi connectivity index (χ0n) is 9.47. The second kappa shape index (κ2) is 5.21. The van der Waals surface area contributed by atoms with E-state index in [0.717, 1.165) is 11.4 Å². The molecule has 1 heterocycles. The first-order valence-corrected chi connectivity index (χ1v) is 5.67. The molecule has 1 aromatic heterocycles. The highest BCUT2D eigenvalue weighted by atomic mass is 35.5. The summed E-state index contributed by atoms with van der Waals surface area (Å²) in [6.07, 6.45) is 3.45. The van der Waals surface area contributed by atoms with E-state index in [1.54, 1.807) is 12.5 Å². The van der Waals surface area contributed by atoms with Crippen molar-refractivity contribution in [3.63, 3.8) is 0 Å². The van der Waals surface area contributed by atoms with Gasteiger partial charge in [0.15, 0.2) is 0 Å². The lowest BCUT2D eigenvalue weighted by Gasteiger charge is -2.18. The average molecular weight is 252 g/mol. The Morgan fingerprint density at radius 2 is 2.12 bits per heavy atom. The first kappa shape index (κ1) is 12.0. The molecule has 2 aromatic rings. The number of halogens is 1. The second-order valence-corrected chi connectivity index (χ2v) is 4.25. The molecular formula is C12H14ClN3O. The van der Waals surface area contributed by atoms with Crippen LogP contribution in [-0.2, 0) is 7.05 Å². The first-order chi connectivity index (χ1) is 8.20. The van der Waals surface area contributed by atoms with Gasteiger partial charge in [0, 0.05) is 17.8 Å². The minimum atomic E-state index is -0.177. The summed E-state index contributed by atoms with van der Waals surface area (Å²) in [7, 11) is 1.90. The number of aromatic nitrogens is 2. The topological polar surface area (TPSA) is 50.1 Å². The number of aryl methyl sites for hydroxylation is 1. The molecule has 0 saturated heterocycles. The van der Waals surface area contributed by atoms with Gasteiger partial charge in [-0.25, -0.2) is 4.98 Å². The van der Waals surface area contributed by atoms with E-state index in [-0.39, 0.29) is 12.6 Å². The van der Waals surface area contributed by atoms with Crippen molar-refractivity contribution in [3.8, 4) is 0 Å². The summed E-state index contributed by atoms with van der Waals surface area (Å²) in [6.45, 7) is 0.00214. The number of hydrogen-bond donors (Lipinski definition) is 2. The van der Waals surface area contributed by atoms with Gasteiger partial charge in [-0.05, 0) is 24.3 Å². The molecule has 0 bridgehead atoms. The van der Waals surface area contributed by atoms with E-state index in [0.29, 0.717) is 5.02 Å². The Balaban J connectivity index is 2.16.